The Morgan fingerprint density at radius 2 is 1.20 bits per heavy atom. The summed E-state index contributed by atoms with van der Waals surface area (Å²) in [6.07, 6.45) is 2.50. The number of halogens is 1. The molecule has 11 rings (SSSR count). The van der Waals surface area contributed by atoms with Crippen LogP contribution in [0, 0.1) is 23.7 Å². The van der Waals surface area contributed by atoms with Gasteiger partial charge in [-0.3, -0.25) is 0 Å². The second-order valence-corrected chi connectivity index (χ2v) is 33.6. The Bertz CT molecular complexity index is 2830. The first-order valence-corrected chi connectivity index (χ1v) is 34.1. The number of alkyl halides is 1. The number of benzene rings is 5. The van der Waals surface area contributed by atoms with E-state index in [0.717, 1.165) is 41.7 Å². The molecule has 0 N–H and O–H groups in total. The molecule has 1 spiro atoms. The number of fused-ring (bicyclic) bond motifs is 6. The van der Waals surface area contributed by atoms with Crippen molar-refractivity contribution < 1.29 is 42.3 Å². The summed E-state index contributed by atoms with van der Waals surface area (Å²) in [4.78, 5) is 1.13. The van der Waals surface area contributed by atoms with E-state index in [9.17, 15) is 0 Å². The Morgan fingerprint density at radius 1 is 0.613 bits per heavy atom. The summed E-state index contributed by atoms with van der Waals surface area (Å²) in [6.45, 7) is 27.4. The Labute approximate surface area is 488 Å². The molecule has 0 amide bonds. The lowest BCUT2D eigenvalue weighted by Gasteiger charge is -2.57. The van der Waals surface area contributed by atoms with Gasteiger partial charge in [-0.2, -0.15) is 0 Å². The molecule has 12 heteroatoms. The van der Waals surface area contributed by atoms with Crippen molar-refractivity contribution in [2.75, 3.05) is 6.61 Å². The van der Waals surface area contributed by atoms with Crippen LogP contribution in [-0.4, -0.2) is 98.2 Å². The third kappa shape index (κ3) is 11.8. The topological polar surface area (TPSA) is 83.1 Å². The lowest BCUT2D eigenvalue weighted by Crippen LogP contribution is -2.67. The van der Waals surface area contributed by atoms with Crippen LogP contribution in [-0.2, 0) is 55.5 Å². The van der Waals surface area contributed by atoms with Crippen LogP contribution in [0.25, 0.3) is 21.5 Å². The molecule has 0 bridgehead atoms. The molecule has 80 heavy (non-hydrogen) atoms. The number of hydrogen-bond donors (Lipinski definition) is 0. The maximum absolute atomic E-state index is 8.09. The number of hydrogen-bond acceptors (Lipinski definition) is 10. The third-order valence-electron chi connectivity index (χ3n) is 20.1. The molecule has 0 aromatic heterocycles. The van der Waals surface area contributed by atoms with E-state index in [1.165, 1.54) is 21.5 Å². The second-order valence-electron chi connectivity index (χ2n) is 26.2. The van der Waals surface area contributed by atoms with Crippen molar-refractivity contribution in [1.29, 1.82) is 0 Å². The van der Waals surface area contributed by atoms with Crippen molar-refractivity contribution in [1.82, 2.24) is 0 Å². The van der Waals surface area contributed by atoms with Crippen LogP contribution in [0.1, 0.15) is 132 Å². The Hall–Kier alpha value is -2.88. The van der Waals surface area contributed by atoms with E-state index in [2.05, 4.69) is 191 Å². The van der Waals surface area contributed by atoms with Gasteiger partial charge in [0.15, 0.2) is 5.79 Å². The van der Waals surface area contributed by atoms with Crippen LogP contribution >= 0.6 is 23.4 Å². The van der Waals surface area contributed by atoms with E-state index in [-0.39, 0.29) is 89.4 Å². The summed E-state index contributed by atoms with van der Waals surface area (Å²) in [7, 11) is -2.53. The van der Waals surface area contributed by atoms with E-state index in [0.29, 0.717) is 55.7 Å². The summed E-state index contributed by atoms with van der Waals surface area (Å²) < 4.78 is 67.0. The predicted octanol–water partition coefficient (Wildman–Crippen LogP) is 16.2. The Kier molecular flexibility index (Phi) is 18.1. The molecule has 5 aromatic carbocycles. The molecular formula is C68H91ClO9SSi. The molecule has 6 heterocycles. The van der Waals surface area contributed by atoms with Gasteiger partial charge >= 0.3 is 0 Å². The van der Waals surface area contributed by atoms with Crippen molar-refractivity contribution in [3.8, 4) is 0 Å². The molecule has 18 atom stereocenters. The number of rotatable bonds is 16. The molecule has 6 fully saturated rings. The van der Waals surface area contributed by atoms with E-state index >= 15 is 0 Å². The van der Waals surface area contributed by atoms with Gasteiger partial charge in [0.25, 0.3) is 0 Å². The van der Waals surface area contributed by atoms with Crippen LogP contribution in [0.15, 0.2) is 120 Å². The minimum Gasteiger partial charge on any atom is -0.410 e. The lowest BCUT2D eigenvalue weighted by atomic mass is 9.76. The van der Waals surface area contributed by atoms with Gasteiger partial charge in [0.2, 0.25) is 8.32 Å². The standard InChI is InChI=1S/C68H91ClO9SSi/c1-41(2)80(42(3)4,43(5)6)78-61-37-57-58(76-67(61,11)60(38-62(69)79-54-24-13-12-14-25-54)70-39-48-26-28-50-20-15-17-22-52(50)34-48)33-44(7)32-55-56(73-57)36-59-63(74-55)46(9)64(71-40-49-27-29-51-21-16-18-23-53(51)35-49)66-65(75-59)45(8)47(10)68(77-66)30-19-31-72-68/h12-18,20-29,34-35,41-47,55-66H,19,30-33,36-40H2,1-11H3/t44-,45+,46-,47+,55+,56-,57+,58-,59+,60-,61-,62?,63-,64+,65-,66+,67+,68-/m1/s1. The third-order valence-corrected chi connectivity index (χ3v) is 27.6. The average Bonchev–Trinajstić information content (AvgIpc) is 3.92. The quantitative estimate of drug-likeness (QED) is 0.0541. The zero-order valence-electron chi connectivity index (χ0n) is 49.5. The summed E-state index contributed by atoms with van der Waals surface area (Å²) in [5, 5.41) is 4.83. The first-order chi connectivity index (χ1) is 38.4. The van der Waals surface area contributed by atoms with E-state index in [1.54, 1.807) is 11.8 Å². The fourth-order valence-corrected chi connectivity index (χ4v) is 22.7. The molecule has 0 aliphatic carbocycles. The van der Waals surface area contributed by atoms with Gasteiger partial charge in [-0.1, -0.05) is 160 Å². The van der Waals surface area contributed by atoms with Gasteiger partial charge in [-0.15, -0.1) is 23.4 Å². The maximum Gasteiger partial charge on any atom is 0.200 e. The number of thioether (sulfide) groups is 1. The highest BCUT2D eigenvalue weighted by atomic mass is 35.5. The molecule has 9 nitrogen and oxygen atoms in total. The van der Waals surface area contributed by atoms with Crippen molar-refractivity contribution in [2.24, 2.45) is 23.7 Å². The van der Waals surface area contributed by atoms with E-state index < -0.39 is 25.8 Å². The first-order valence-electron chi connectivity index (χ1n) is 30.6. The van der Waals surface area contributed by atoms with Crippen LogP contribution in [0.5, 0.6) is 0 Å². The van der Waals surface area contributed by atoms with E-state index in [1.807, 2.05) is 0 Å². The predicted molar refractivity (Wildman–Crippen MR) is 325 cm³/mol. The van der Waals surface area contributed by atoms with Gasteiger partial charge in [0, 0.05) is 42.4 Å². The van der Waals surface area contributed by atoms with E-state index in [4.69, 9.17) is 53.9 Å². The molecule has 0 radical (unpaired) electrons. The maximum atomic E-state index is 8.09. The highest BCUT2D eigenvalue weighted by Crippen LogP contribution is 2.53. The van der Waals surface area contributed by atoms with Gasteiger partial charge in [-0.25, -0.2) is 0 Å². The van der Waals surface area contributed by atoms with Crippen molar-refractivity contribution in [2.45, 2.75) is 239 Å². The Balaban J connectivity index is 0.909. The van der Waals surface area contributed by atoms with Gasteiger partial charge in [0.05, 0.1) is 85.6 Å². The number of ether oxygens (including phenoxy) is 8. The zero-order chi connectivity index (χ0) is 56.1. The highest BCUT2D eigenvalue weighted by molar-refractivity contribution is 8.01. The molecule has 1 unspecified atom stereocenters. The minimum absolute atomic E-state index is 0.0426. The lowest BCUT2D eigenvalue weighted by molar-refractivity contribution is -0.342. The highest BCUT2D eigenvalue weighted by Gasteiger charge is 2.62. The summed E-state index contributed by atoms with van der Waals surface area (Å²) in [6, 6.07) is 40.8. The van der Waals surface area contributed by atoms with Crippen molar-refractivity contribution in [3.63, 3.8) is 0 Å². The molecule has 5 aromatic rings. The SMILES string of the molecule is CC(C)[Si](O[C@@H]1C[C@@H]2O[C@@H]3C[C@@H]4O[C@@H]5[C@@H](C)[C@H](C)[C@@]6(CCCO6)O[C@H]5[C@@H](OCc5ccc6ccccc6c5)[C@H](C)[C@H]4O[C@H]3C[C@@H](C)C[C@H]2O[C@@]1(C)[C@@H](CC(Cl)Sc1ccccc1)OCc1ccc2ccccc2c1)(C(C)C)C(C)C. The van der Waals surface area contributed by atoms with Crippen LogP contribution in [0.3, 0.4) is 0 Å². The summed E-state index contributed by atoms with van der Waals surface area (Å²) in [5.41, 5.74) is 2.43. The monoisotopic (exact) mass is 1150 g/mol. The first kappa shape index (κ1) is 58.9. The molecular weight excluding hydrogens is 1060 g/mol. The van der Waals surface area contributed by atoms with Crippen molar-refractivity contribution in [3.05, 3.63) is 126 Å². The largest absolute Gasteiger partial charge is 0.410 e. The summed E-state index contributed by atoms with van der Waals surface area (Å²) >= 11 is 9.21. The molecule has 0 saturated carbocycles. The second kappa shape index (κ2) is 24.6. The zero-order valence-corrected chi connectivity index (χ0v) is 52.0. The summed E-state index contributed by atoms with van der Waals surface area (Å²) in [5.74, 6) is -0.157. The Morgan fingerprint density at radius 3 is 1.84 bits per heavy atom. The average molecular weight is 1150 g/mol. The van der Waals surface area contributed by atoms with Crippen LogP contribution in [0.4, 0.5) is 0 Å². The molecule has 6 saturated heterocycles. The van der Waals surface area contributed by atoms with Crippen LogP contribution in [0.2, 0.25) is 16.6 Å². The fourth-order valence-electron chi connectivity index (χ4n) is 15.7. The normalized spacial score (nSPS) is 35.5. The van der Waals surface area contributed by atoms with Gasteiger partial charge in [-0.05, 0) is 112 Å². The molecule has 6 aliphatic rings. The minimum atomic E-state index is -2.53. The fraction of sp³-hybridized carbons (Fsp3) is 0.618. The van der Waals surface area contributed by atoms with Gasteiger partial charge in [0.1, 0.15) is 11.7 Å². The van der Waals surface area contributed by atoms with Crippen molar-refractivity contribution >= 4 is 53.2 Å². The van der Waals surface area contributed by atoms with Gasteiger partial charge < -0.3 is 42.3 Å². The smallest absolute Gasteiger partial charge is 0.200 e. The van der Waals surface area contributed by atoms with Crippen LogP contribution < -0.4 is 0 Å². The molecule has 434 valence electrons. The molecule has 6 aliphatic heterocycles.